The molecule has 24 heavy (non-hydrogen) atoms. The Morgan fingerprint density at radius 3 is 2.88 bits per heavy atom. The standard InChI is InChI=1S/C17H26N4O2.HI/c1-3-13-6-4-7-14(10-13)21-16(22)12-20-17(18-2)19-11-15-8-5-9-23-15;/h4,6-7,10,15H,3,5,8-9,11-12H2,1-2H3,(H,21,22)(H2,18,19,20);1H. The second-order valence-electron chi connectivity index (χ2n) is 5.54. The van der Waals surface area contributed by atoms with Gasteiger partial charge in [0.05, 0.1) is 12.6 Å². The monoisotopic (exact) mass is 446 g/mol. The molecule has 1 aromatic rings. The molecule has 0 spiro atoms. The number of carbonyl (C=O) groups excluding carboxylic acids is 1. The first-order chi connectivity index (χ1) is 11.2. The van der Waals surface area contributed by atoms with Gasteiger partial charge in [0.2, 0.25) is 5.91 Å². The molecule has 1 saturated heterocycles. The molecule has 0 bridgehead atoms. The van der Waals surface area contributed by atoms with Crippen LogP contribution in [-0.4, -0.2) is 44.7 Å². The van der Waals surface area contributed by atoms with Crippen LogP contribution in [0.2, 0.25) is 0 Å². The zero-order valence-corrected chi connectivity index (χ0v) is 16.6. The Kier molecular flexibility index (Phi) is 9.70. The molecule has 1 aliphatic heterocycles. The molecule has 1 aromatic carbocycles. The van der Waals surface area contributed by atoms with Crippen molar-refractivity contribution in [2.45, 2.75) is 32.3 Å². The smallest absolute Gasteiger partial charge is 0.243 e. The maximum atomic E-state index is 12.0. The van der Waals surface area contributed by atoms with Crippen molar-refractivity contribution in [3.8, 4) is 0 Å². The first-order valence-electron chi connectivity index (χ1n) is 8.16. The van der Waals surface area contributed by atoms with Gasteiger partial charge in [0, 0.05) is 25.9 Å². The lowest BCUT2D eigenvalue weighted by Gasteiger charge is -2.15. The molecule has 1 atom stereocenters. The molecule has 1 unspecified atom stereocenters. The number of benzene rings is 1. The Bertz CT molecular complexity index is 545. The van der Waals surface area contributed by atoms with Gasteiger partial charge in [-0.15, -0.1) is 24.0 Å². The molecular formula is C17H27IN4O2. The minimum absolute atomic E-state index is 0. The number of aryl methyl sites for hydroxylation is 1. The fourth-order valence-corrected chi connectivity index (χ4v) is 2.47. The average Bonchev–Trinajstić information content (AvgIpc) is 3.08. The van der Waals surface area contributed by atoms with Gasteiger partial charge >= 0.3 is 0 Å². The van der Waals surface area contributed by atoms with Crippen molar-refractivity contribution < 1.29 is 9.53 Å². The van der Waals surface area contributed by atoms with Crippen molar-refractivity contribution in [3.63, 3.8) is 0 Å². The molecule has 1 heterocycles. The number of amides is 1. The summed E-state index contributed by atoms with van der Waals surface area (Å²) in [5.74, 6) is 0.510. The van der Waals surface area contributed by atoms with Gasteiger partial charge in [0.15, 0.2) is 5.96 Å². The summed E-state index contributed by atoms with van der Waals surface area (Å²) in [4.78, 5) is 16.1. The molecule has 2 rings (SSSR count). The van der Waals surface area contributed by atoms with Crippen molar-refractivity contribution in [1.29, 1.82) is 0 Å². The lowest BCUT2D eigenvalue weighted by molar-refractivity contribution is -0.115. The first-order valence-corrected chi connectivity index (χ1v) is 8.16. The van der Waals surface area contributed by atoms with Crippen molar-refractivity contribution >= 4 is 41.5 Å². The van der Waals surface area contributed by atoms with Crippen LogP contribution in [0.3, 0.4) is 0 Å². The van der Waals surface area contributed by atoms with E-state index >= 15 is 0 Å². The number of ether oxygens (including phenoxy) is 1. The number of carbonyl (C=O) groups is 1. The molecule has 1 amide bonds. The predicted octanol–water partition coefficient (Wildman–Crippen LogP) is 2.15. The van der Waals surface area contributed by atoms with Crippen molar-refractivity contribution in [2.75, 3.05) is 32.1 Å². The SMILES string of the molecule is CCc1cccc(NC(=O)CNC(=NC)NCC2CCCO2)c1.I. The molecule has 1 aliphatic rings. The molecule has 0 radical (unpaired) electrons. The molecule has 0 saturated carbocycles. The maximum Gasteiger partial charge on any atom is 0.243 e. The van der Waals surface area contributed by atoms with Gasteiger partial charge < -0.3 is 20.7 Å². The lowest BCUT2D eigenvalue weighted by atomic mass is 10.1. The van der Waals surface area contributed by atoms with E-state index in [1.807, 2.05) is 24.3 Å². The van der Waals surface area contributed by atoms with E-state index in [1.165, 1.54) is 5.56 Å². The first kappa shape index (κ1) is 20.7. The van der Waals surface area contributed by atoms with E-state index in [-0.39, 0.29) is 42.5 Å². The largest absolute Gasteiger partial charge is 0.376 e. The van der Waals surface area contributed by atoms with E-state index in [4.69, 9.17) is 4.74 Å². The van der Waals surface area contributed by atoms with Crippen LogP contribution in [0.4, 0.5) is 5.69 Å². The number of hydrogen-bond donors (Lipinski definition) is 3. The highest BCUT2D eigenvalue weighted by atomic mass is 127. The molecule has 0 aromatic heterocycles. The van der Waals surface area contributed by atoms with E-state index in [2.05, 4.69) is 27.9 Å². The molecule has 134 valence electrons. The van der Waals surface area contributed by atoms with Gasteiger partial charge in [-0.2, -0.15) is 0 Å². The van der Waals surface area contributed by atoms with Gasteiger partial charge in [-0.05, 0) is 37.0 Å². The Morgan fingerprint density at radius 1 is 1.38 bits per heavy atom. The van der Waals surface area contributed by atoms with E-state index in [9.17, 15) is 4.79 Å². The molecule has 7 heteroatoms. The van der Waals surface area contributed by atoms with Crippen LogP contribution in [0.15, 0.2) is 29.3 Å². The van der Waals surface area contributed by atoms with Crippen LogP contribution < -0.4 is 16.0 Å². The van der Waals surface area contributed by atoms with E-state index in [0.29, 0.717) is 12.5 Å². The lowest BCUT2D eigenvalue weighted by Crippen LogP contribution is -2.43. The number of aliphatic imine (C=N–C) groups is 1. The Balaban J connectivity index is 0.00000288. The third kappa shape index (κ3) is 7.04. The fourth-order valence-electron chi connectivity index (χ4n) is 2.47. The van der Waals surface area contributed by atoms with Gasteiger partial charge in [-0.3, -0.25) is 9.79 Å². The zero-order chi connectivity index (χ0) is 16.5. The highest BCUT2D eigenvalue weighted by Gasteiger charge is 2.15. The third-order valence-corrected chi connectivity index (χ3v) is 3.78. The van der Waals surface area contributed by atoms with Gasteiger partial charge in [0.25, 0.3) is 0 Å². The molecule has 6 nitrogen and oxygen atoms in total. The van der Waals surface area contributed by atoms with Gasteiger partial charge in [-0.25, -0.2) is 0 Å². The minimum Gasteiger partial charge on any atom is -0.376 e. The molecular weight excluding hydrogens is 419 g/mol. The summed E-state index contributed by atoms with van der Waals surface area (Å²) in [6.07, 6.45) is 3.36. The van der Waals surface area contributed by atoms with Gasteiger partial charge in [-0.1, -0.05) is 19.1 Å². The fraction of sp³-hybridized carbons (Fsp3) is 0.529. The van der Waals surface area contributed by atoms with Crippen LogP contribution in [0, 0.1) is 0 Å². The quantitative estimate of drug-likeness (QED) is 0.356. The van der Waals surface area contributed by atoms with Crippen molar-refractivity contribution in [3.05, 3.63) is 29.8 Å². The summed E-state index contributed by atoms with van der Waals surface area (Å²) in [5.41, 5.74) is 2.02. The Labute approximate surface area is 160 Å². The highest BCUT2D eigenvalue weighted by Crippen LogP contribution is 2.11. The number of hydrogen-bond acceptors (Lipinski definition) is 3. The summed E-state index contributed by atoms with van der Waals surface area (Å²) in [5, 5.41) is 9.08. The normalized spacial score (nSPS) is 17.1. The Morgan fingerprint density at radius 2 is 2.21 bits per heavy atom. The van der Waals surface area contributed by atoms with Crippen molar-refractivity contribution in [1.82, 2.24) is 10.6 Å². The third-order valence-electron chi connectivity index (χ3n) is 3.78. The van der Waals surface area contributed by atoms with Gasteiger partial charge in [0.1, 0.15) is 0 Å². The molecule has 0 aliphatic carbocycles. The van der Waals surface area contributed by atoms with E-state index in [0.717, 1.165) is 31.6 Å². The summed E-state index contributed by atoms with van der Waals surface area (Å²) >= 11 is 0. The topological polar surface area (TPSA) is 74.8 Å². The second-order valence-corrected chi connectivity index (χ2v) is 5.54. The van der Waals surface area contributed by atoms with Crippen LogP contribution >= 0.6 is 24.0 Å². The number of nitrogens with one attached hydrogen (secondary N) is 3. The van der Waals surface area contributed by atoms with Crippen molar-refractivity contribution in [2.24, 2.45) is 4.99 Å². The number of guanidine groups is 1. The van der Waals surface area contributed by atoms with E-state index in [1.54, 1.807) is 7.05 Å². The Hall–Kier alpha value is -1.35. The summed E-state index contributed by atoms with van der Waals surface area (Å²) in [7, 11) is 1.69. The number of halogens is 1. The van der Waals surface area contributed by atoms with Crippen LogP contribution in [0.1, 0.15) is 25.3 Å². The minimum atomic E-state index is -0.0988. The average molecular weight is 446 g/mol. The number of rotatable bonds is 6. The maximum absolute atomic E-state index is 12.0. The van der Waals surface area contributed by atoms with Crippen LogP contribution in [-0.2, 0) is 16.0 Å². The van der Waals surface area contributed by atoms with E-state index < -0.39 is 0 Å². The summed E-state index contributed by atoms with van der Waals surface area (Å²) in [6, 6.07) is 7.87. The zero-order valence-electron chi connectivity index (χ0n) is 14.3. The summed E-state index contributed by atoms with van der Waals surface area (Å²) in [6.45, 7) is 3.80. The number of nitrogens with zero attached hydrogens (tertiary/aromatic N) is 1. The summed E-state index contributed by atoms with van der Waals surface area (Å²) < 4.78 is 5.55. The number of anilines is 1. The van der Waals surface area contributed by atoms with Crippen LogP contribution in [0.25, 0.3) is 0 Å². The highest BCUT2D eigenvalue weighted by molar-refractivity contribution is 14.0. The molecule has 1 fully saturated rings. The molecule has 3 N–H and O–H groups in total. The second kappa shape index (κ2) is 11.2. The predicted molar refractivity (Wildman–Crippen MR) is 108 cm³/mol. The van der Waals surface area contributed by atoms with Crippen LogP contribution in [0.5, 0.6) is 0 Å².